The molecule has 1 aromatic carbocycles. The van der Waals surface area contributed by atoms with Gasteiger partial charge in [-0.25, -0.2) is 13.4 Å². The quantitative estimate of drug-likeness (QED) is 0.514. The number of rotatable bonds is 8. The highest BCUT2D eigenvalue weighted by atomic mass is 35.5. The molecular weight excluding hydrogens is 450 g/mol. The van der Waals surface area contributed by atoms with E-state index in [0.29, 0.717) is 43.8 Å². The topological polar surface area (TPSA) is 88.0 Å². The van der Waals surface area contributed by atoms with E-state index in [1.54, 1.807) is 24.4 Å². The lowest BCUT2D eigenvalue weighted by molar-refractivity contribution is 0.0730. The summed E-state index contributed by atoms with van der Waals surface area (Å²) in [7, 11) is -3.59. The molecule has 0 atom stereocenters. The van der Waals surface area contributed by atoms with Gasteiger partial charge >= 0.3 is 0 Å². The molecule has 0 amide bonds. The van der Waals surface area contributed by atoms with Crippen LogP contribution in [0.2, 0.25) is 5.02 Å². The number of morpholine rings is 1. The normalized spacial score (nSPS) is 15.4. The highest BCUT2D eigenvalue weighted by Gasteiger charge is 2.27. The molecule has 1 fully saturated rings. The number of nitrogens with one attached hydrogen (secondary N) is 2. The summed E-state index contributed by atoms with van der Waals surface area (Å²) in [5, 5.41) is 7.41. The molecule has 0 aliphatic carbocycles. The minimum absolute atomic E-state index is 0.263. The van der Waals surface area contributed by atoms with Crippen LogP contribution in [0.25, 0.3) is 5.65 Å². The van der Waals surface area contributed by atoms with Gasteiger partial charge in [0, 0.05) is 32.0 Å². The zero-order valence-electron chi connectivity index (χ0n) is 18.2. The van der Waals surface area contributed by atoms with Crippen molar-refractivity contribution in [3.8, 4) is 0 Å². The number of benzene rings is 1. The van der Waals surface area contributed by atoms with Gasteiger partial charge in [0.25, 0.3) is 0 Å². The average molecular weight is 478 g/mol. The van der Waals surface area contributed by atoms with Crippen LogP contribution < -0.4 is 10.6 Å². The largest absolute Gasteiger partial charge is 0.383 e. The second-order valence-electron chi connectivity index (χ2n) is 8.20. The number of aromatic nitrogens is 2. The second-order valence-corrected chi connectivity index (χ2v) is 10.6. The van der Waals surface area contributed by atoms with E-state index in [1.807, 2.05) is 22.7 Å². The number of hydrogen-bond donors (Lipinski definition) is 2. The maximum Gasteiger partial charge on any atom is 0.243 e. The Balaban J connectivity index is 1.59. The van der Waals surface area contributed by atoms with Gasteiger partial charge in [0.05, 0.1) is 46.7 Å². The van der Waals surface area contributed by atoms with Crippen LogP contribution in [0.15, 0.2) is 47.6 Å². The smallest absolute Gasteiger partial charge is 0.243 e. The summed E-state index contributed by atoms with van der Waals surface area (Å²) in [6.45, 7) is 7.02. The maximum absolute atomic E-state index is 13.1. The fourth-order valence-corrected chi connectivity index (χ4v) is 5.13. The van der Waals surface area contributed by atoms with Crippen LogP contribution in [-0.4, -0.2) is 55.0 Å². The summed E-state index contributed by atoms with van der Waals surface area (Å²) in [6, 6.07) is 8.83. The minimum Gasteiger partial charge on any atom is -0.383 e. The number of fused-ring (bicyclic) bond motifs is 1. The first-order valence-corrected chi connectivity index (χ1v) is 12.5. The summed E-state index contributed by atoms with van der Waals surface area (Å²) in [5.74, 6) is 0.447. The standard InChI is InChI=1S/C22H28ClN5O3S/c1-16(2)12-24-20-5-4-19(32(29,30)28-7-9-31-10-8-28)11-21(20)25-13-18-15-27-14-17(23)3-6-22(27)26-18/h3-6,11,14-16,24-25H,7-10,12-13H2,1-2H3. The van der Waals surface area contributed by atoms with Gasteiger partial charge in [-0.1, -0.05) is 25.4 Å². The van der Waals surface area contributed by atoms with E-state index in [0.717, 1.165) is 29.3 Å². The van der Waals surface area contributed by atoms with E-state index in [2.05, 4.69) is 29.5 Å². The number of ether oxygens (including phenoxy) is 1. The lowest BCUT2D eigenvalue weighted by atomic mass is 10.2. The zero-order chi connectivity index (χ0) is 22.7. The van der Waals surface area contributed by atoms with Crippen molar-refractivity contribution in [1.82, 2.24) is 13.7 Å². The van der Waals surface area contributed by atoms with Crippen molar-refractivity contribution in [1.29, 1.82) is 0 Å². The van der Waals surface area contributed by atoms with Gasteiger partial charge in [-0.05, 0) is 36.2 Å². The maximum atomic E-state index is 13.1. The molecule has 172 valence electrons. The first-order valence-electron chi connectivity index (χ1n) is 10.7. The van der Waals surface area contributed by atoms with Crippen LogP contribution in [0.4, 0.5) is 11.4 Å². The van der Waals surface area contributed by atoms with Crippen molar-refractivity contribution < 1.29 is 13.2 Å². The van der Waals surface area contributed by atoms with E-state index < -0.39 is 10.0 Å². The van der Waals surface area contributed by atoms with Crippen LogP contribution in [-0.2, 0) is 21.3 Å². The molecule has 0 spiro atoms. The Bertz CT molecular complexity index is 1190. The van der Waals surface area contributed by atoms with Crippen LogP contribution in [0, 0.1) is 5.92 Å². The Kier molecular flexibility index (Phi) is 6.90. The van der Waals surface area contributed by atoms with Crippen molar-refractivity contribution in [2.75, 3.05) is 43.5 Å². The predicted molar refractivity (Wildman–Crippen MR) is 127 cm³/mol. The Labute approximate surface area is 193 Å². The summed E-state index contributed by atoms with van der Waals surface area (Å²) >= 11 is 6.06. The molecule has 8 nitrogen and oxygen atoms in total. The van der Waals surface area contributed by atoms with E-state index in [9.17, 15) is 8.42 Å². The first kappa shape index (κ1) is 22.8. The number of nitrogens with zero attached hydrogens (tertiary/aromatic N) is 3. The predicted octanol–water partition coefficient (Wildman–Crippen LogP) is 3.69. The molecule has 4 rings (SSSR count). The third-order valence-electron chi connectivity index (χ3n) is 5.22. The van der Waals surface area contributed by atoms with Gasteiger partial charge in [-0.3, -0.25) is 0 Å². The summed E-state index contributed by atoms with van der Waals surface area (Å²) in [6.07, 6.45) is 3.71. The highest BCUT2D eigenvalue weighted by molar-refractivity contribution is 7.89. The molecule has 0 saturated carbocycles. The van der Waals surface area contributed by atoms with Crippen LogP contribution in [0.1, 0.15) is 19.5 Å². The van der Waals surface area contributed by atoms with Crippen LogP contribution in [0.5, 0.6) is 0 Å². The Morgan fingerprint density at radius 3 is 2.62 bits per heavy atom. The molecule has 3 heterocycles. The molecule has 2 N–H and O–H groups in total. The number of sulfonamides is 1. The molecule has 0 bridgehead atoms. The SMILES string of the molecule is CC(C)CNc1ccc(S(=O)(=O)N2CCOCC2)cc1NCc1cn2cc(Cl)ccc2n1. The number of imidazole rings is 1. The molecule has 1 aliphatic heterocycles. The fraction of sp³-hybridized carbons (Fsp3) is 0.409. The lowest BCUT2D eigenvalue weighted by Crippen LogP contribution is -2.40. The highest BCUT2D eigenvalue weighted by Crippen LogP contribution is 2.28. The molecule has 0 radical (unpaired) electrons. The number of pyridine rings is 1. The van der Waals surface area contributed by atoms with Gasteiger partial charge in [0.2, 0.25) is 10.0 Å². The monoisotopic (exact) mass is 477 g/mol. The summed E-state index contributed by atoms with van der Waals surface area (Å²) < 4.78 is 34.9. The van der Waals surface area contributed by atoms with Gasteiger partial charge in [0.1, 0.15) is 5.65 Å². The van der Waals surface area contributed by atoms with E-state index >= 15 is 0 Å². The van der Waals surface area contributed by atoms with Crippen LogP contribution in [0.3, 0.4) is 0 Å². The van der Waals surface area contributed by atoms with Gasteiger partial charge < -0.3 is 19.8 Å². The van der Waals surface area contributed by atoms with Crippen molar-refractivity contribution in [2.45, 2.75) is 25.3 Å². The Hall–Kier alpha value is -2.33. The third kappa shape index (κ3) is 5.17. The fourth-order valence-electron chi connectivity index (χ4n) is 3.52. The van der Waals surface area contributed by atoms with Crippen molar-refractivity contribution >= 4 is 38.6 Å². The number of hydrogen-bond acceptors (Lipinski definition) is 6. The van der Waals surface area contributed by atoms with E-state index in [1.165, 1.54) is 4.31 Å². The summed E-state index contributed by atoms with van der Waals surface area (Å²) in [4.78, 5) is 4.86. The minimum atomic E-state index is -3.59. The van der Waals surface area contributed by atoms with Gasteiger partial charge in [-0.2, -0.15) is 4.31 Å². The number of anilines is 2. The molecule has 32 heavy (non-hydrogen) atoms. The lowest BCUT2D eigenvalue weighted by Gasteiger charge is -2.26. The molecule has 10 heteroatoms. The zero-order valence-corrected chi connectivity index (χ0v) is 19.8. The van der Waals surface area contributed by atoms with Crippen molar-refractivity contribution in [3.05, 3.63) is 53.4 Å². The average Bonchev–Trinajstić information content (AvgIpc) is 3.19. The molecule has 0 unspecified atom stereocenters. The molecule has 2 aromatic heterocycles. The first-order chi connectivity index (χ1) is 15.3. The molecule has 1 aliphatic rings. The second kappa shape index (κ2) is 9.66. The van der Waals surface area contributed by atoms with Crippen molar-refractivity contribution in [3.63, 3.8) is 0 Å². The molecule has 3 aromatic rings. The van der Waals surface area contributed by atoms with E-state index in [4.69, 9.17) is 16.3 Å². The van der Waals surface area contributed by atoms with Gasteiger partial charge in [0.15, 0.2) is 0 Å². The molecule has 1 saturated heterocycles. The third-order valence-corrected chi connectivity index (χ3v) is 7.34. The Morgan fingerprint density at radius 2 is 1.88 bits per heavy atom. The van der Waals surface area contributed by atoms with E-state index in [-0.39, 0.29) is 4.90 Å². The number of halogens is 1. The Morgan fingerprint density at radius 1 is 1.09 bits per heavy atom. The van der Waals surface area contributed by atoms with Gasteiger partial charge in [-0.15, -0.1) is 0 Å². The van der Waals surface area contributed by atoms with Crippen molar-refractivity contribution in [2.24, 2.45) is 5.92 Å². The van der Waals surface area contributed by atoms with Crippen LogP contribution >= 0.6 is 11.6 Å². The molecular formula is C22H28ClN5O3S. The summed E-state index contributed by atoms with van der Waals surface area (Å²) in [5.41, 5.74) is 3.19.